The number of rotatable bonds is 3. The van der Waals surface area contributed by atoms with Gasteiger partial charge in [-0.25, -0.2) is 4.98 Å². The van der Waals surface area contributed by atoms with E-state index in [1.54, 1.807) is 12.4 Å². The molecule has 1 unspecified atom stereocenters. The monoisotopic (exact) mass is 292 g/mol. The number of hydrogen-bond donors (Lipinski definition) is 2. The normalized spacial score (nSPS) is 12.4. The Morgan fingerprint density at radius 3 is 2.59 bits per heavy atom. The van der Waals surface area contributed by atoms with Crippen molar-refractivity contribution in [2.45, 2.75) is 12.5 Å². The van der Waals surface area contributed by atoms with Gasteiger partial charge in [0.1, 0.15) is 5.82 Å². The first kappa shape index (κ1) is 12.0. The van der Waals surface area contributed by atoms with E-state index in [0.29, 0.717) is 12.2 Å². The minimum atomic E-state index is -0.197. The molecule has 2 aromatic heterocycles. The molecule has 1 atom stereocenters. The topological polar surface area (TPSA) is 77.8 Å². The molecule has 0 saturated heterocycles. The van der Waals surface area contributed by atoms with Crippen molar-refractivity contribution >= 4 is 21.7 Å². The zero-order valence-corrected chi connectivity index (χ0v) is 10.8. The summed E-state index contributed by atoms with van der Waals surface area (Å²) in [5.74, 6) is 0.523. The Balaban J connectivity index is 2.20. The van der Waals surface area contributed by atoms with E-state index in [1.165, 1.54) is 0 Å². The number of halogens is 1. The quantitative estimate of drug-likeness (QED) is 0.908. The molecule has 0 amide bonds. The van der Waals surface area contributed by atoms with Gasteiger partial charge in [-0.2, -0.15) is 0 Å². The maximum Gasteiger partial charge on any atom is 0.126 e. The SMILES string of the molecule is Nc1ncccc1CC(N)c1ncccc1Br. The van der Waals surface area contributed by atoms with Gasteiger partial charge in [-0.1, -0.05) is 6.07 Å². The molecule has 0 fully saturated rings. The molecule has 2 rings (SSSR count). The lowest BCUT2D eigenvalue weighted by Gasteiger charge is -2.13. The third-order valence-corrected chi connectivity index (χ3v) is 3.17. The van der Waals surface area contributed by atoms with Crippen molar-refractivity contribution in [3.05, 3.63) is 52.4 Å². The summed E-state index contributed by atoms with van der Waals surface area (Å²) in [4.78, 5) is 8.31. The van der Waals surface area contributed by atoms with Gasteiger partial charge in [-0.15, -0.1) is 0 Å². The fourth-order valence-corrected chi connectivity index (χ4v) is 2.18. The first-order chi connectivity index (χ1) is 8.18. The zero-order chi connectivity index (χ0) is 12.3. The van der Waals surface area contributed by atoms with Crippen molar-refractivity contribution in [1.29, 1.82) is 0 Å². The average Bonchev–Trinajstić information content (AvgIpc) is 2.32. The van der Waals surface area contributed by atoms with Crippen LogP contribution in [0.1, 0.15) is 17.3 Å². The molecule has 5 heteroatoms. The fraction of sp³-hybridized carbons (Fsp3) is 0.167. The minimum absolute atomic E-state index is 0.197. The third kappa shape index (κ3) is 2.81. The standard InChI is InChI=1S/C12H13BrN4/c13-9-4-2-5-16-11(9)10(14)7-8-3-1-6-17-12(8)15/h1-6,10H,7,14H2,(H2,15,17). The summed E-state index contributed by atoms with van der Waals surface area (Å²) >= 11 is 3.44. The van der Waals surface area contributed by atoms with Crippen molar-refractivity contribution in [3.8, 4) is 0 Å². The molecule has 2 aromatic rings. The molecule has 0 aliphatic heterocycles. The van der Waals surface area contributed by atoms with Crippen LogP contribution in [0.3, 0.4) is 0 Å². The van der Waals surface area contributed by atoms with Gasteiger partial charge >= 0.3 is 0 Å². The highest BCUT2D eigenvalue weighted by molar-refractivity contribution is 9.10. The van der Waals surface area contributed by atoms with Crippen LogP contribution in [0.4, 0.5) is 5.82 Å². The Hall–Kier alpha value is -1.46. The minimum Gasteiger partial charge on any atom is -0.383 e. The van der Waals surface area contributed by atoms with Crippen molar-refractivity contribution in [3.63, 3.8) is 0 Å². The molecule has 0 bridgehead atoms. The number of hydrogen-bond acceptors (Lipinski definition) is 4. The van der Waals surface area contributed by atoms with Crippen LogP contribution in [0.25, 0.3) is 0 Å². The first-order valence-electron chi connectivity index (χ1n) is 5.24. The van der Waals surface area contributed by atoms with Crippen molar-refractivity contribution in [2.24, 2.45) is 5.73 Å². The summed E-state index contributed by atoms with van der Waals surface area (Å²) < 4.78 is 0.912. The van der Waals surface area contributed by atoms with E-state index in [-0.39, 0.29) is 6.04 Å². The van der Waals surface area contributed by atoms with Crippen molar-refractivity contribution in [2.75, 3.05) is 5.73 Å². The molecular formula is C12H13BrN4. The Morgan fingerprint density at radius 2 is 1.88 bits per heavy atom. The van der Waals surface area contributed by atoms with Gasteiger partial charge in [0.15, 0.2) is 0 Å². The summed E-state index contributed by atoms with van der Waals surface area (Å²) in [7, 11) is 0. The summed E-state index contributed by atoms with van der Waals surface area (Å²) in [6, 6.07) is 7.37. The highest BCUT2D eigenvalue weighted by atomic mass is 79.9. The number of aromatic nitrogens is 2. The van der Waals surface area contributed by atoms with Gasteiger partial charge in [0.2, 0.25) is 0 Å². The summed E-state index contributed by atoms with van der Waals surface area (Å²) in [6.45, 7) is 0. The molecule has 0 saturated carbocycles. The molecule has 88 valence electrons. The predicted octanol–water partition coefficient (Wildman–Crippen LogP) is 2.06. The van der Waals surface area contributed by atoms with Crippen LogP contribution < -0.4 is 11.5 Å². The molecule has 0 radical (unpaired) electrons. The lowest BCUT2D eigenvalue weighted by Crippen LogP contribution is -2.16. The number of nitrogens with two attached hydrogens (primary N) is 2. The van der Waals surface area contributed by atoms with E-state index in [2.05, 4.69) is 25.9 Å². The molecule has 17 heavy (non-hydrogen) atoms. The second-order valence-corrected chi connectivity index (χ2v) is 4.58. The van der Waals surface area contributed by atoms with E-state index in [0.717, 1.165) is 15.7 Å². The van der Waals surface area contributed by atoms with Crippen LogP contribution >= 0.6 is 15.9 Å². The van der Waals surface area contributed by atoms with Crippen molar-refractivity contribution in [1.82, 2.24) is 9.97 Å². The van der Waals surface area contributed by atoms with E-state index in [4.69, 9.17) is 11.5 Å². The van der Waals surface area contributed by atoms with Crippen LogP contribution in [0.5, 0.6) is 0 Å². The smallest absolute Gasteiger partial charge is 0.126 e. The molecule has 4 nitrogen and oxygen atoms in total. The number of anilines is 1. The van der Waals surface area contributed by atoms with E-state index >= 15 is 0 Å². The van der Waals surface area contributed by atoms with Gasteiger partial charge in [-0.3, -0.25) is 4.98 Å². The first-order valence-corrected chi connectivity index (χ1v) is 6.03. The maximum absolute atomic E-state index is 6.12. The van der Waals surface area contributed by atoms with E-state index in [9.17, 15) is 0 Å². The Bertz CT molecular complexity index is 515. The van der Waals surface area contributed by atoms with Crippen LogP contribution in [-0.2, 0) is 6.42 Å². The van der Waals surface area contributed by atoms with Crippen molar-refractivity contribution < 1.29 is 0 Å². The van der Waals surface area contributed by atoms with Gasteiger partial charge < -0.3 is 11.5 Å². The number of pyridine rings is 2. The number of nitrogens with zero attached hydrogens (tertiary/aromatic N) is 2. The highest BCUT2D eigenvalue weighted by Gasteiger charge is 2.13. The zero-order valence-electron chi connectivity index (χ0n) is 9.18. The molecule has 4 N–H and O–H groups in total. The van der Waals surface area contributed by atoms with Gasteiger partial charge in [0.25, 0.3) is 0 Å². The Labute approximate surface area is 108 Å². The van der Waals surface area contributed by atoms with Gasteiger partial charge in [-0.05, 0) is 46.1 Å². The largest absolute Gasteiger partial charge is 0.383 e. The molecule has 0 spiro atoms. The summed E-state index contributed by atoms with van der Waals surface area (Å²) in [5, 5.41) is 0. The molecular weight excluding hydrogens is 280 g/mol. The molecule has 0 aliphatic rings. The second-order valence-electron chi connectivity index (χ2n) is 3.73. The van der Waals surface area contributed by atoms with Crippen LogP contribution in [0.2, 0.25) is 0 Å². The lowest BCUT2D eigenvalue weighted by atomic mass is 10.0. The predicted molar refractivity (Wildman–Crippen MR) is 71.2 cm³/mol. The summed E-state index contributed by atoms with van der Waals surface area (Å²) in [6.07, 6.45) is 4.02. The van der Waals surface area contributed by atoms with Crippen LogP contribution in [0.15, 0.2) is 41.1 Å². The highest BCUT2D eigenvalue weighted by Crippen LogP contribution is 2.23. The molecule has 2 heterocycles. The van der Waals surface area contributed by atoms with E-state index < -0.39 is 0 Å². The number of nitrogen functional groups attached to an aromatic ring is 1. The Morgan fingerprint density at radius 1 is 1.18 bits per heavy atom. The average molecular weight is 293 g/mol. The molecule has 0 aliphatic carbocycles. The molecule has 0 aromatic carbocycles. The lowest BCUT2D eigenvalue weighted by molar-refractivity contribution is 0.692. The summed E-state index contributed by atoms with van der Waals surface area (Å²) in [5.41, 5.74) is 13.7. The van der Waals surface area contributed by atoms with Gasteiger partial charge in [0.05, 0.1) is 11.7 Å². The third-order valence-electron chi connectivity index (χ3n) is 2.50. The second kappa shape index (κ2) is 5.25. The maximum atomic E-state index is 6.12. The van der Waals surface area contributed by atoms with Gasteiger partial charge in [0, 0.05) is 16.9 Å². The Kier molecular flexibility index (Phi) is 3.71. The van der Waals surface area contributed by atoms with E-state index in [1.807, 2.05) is 24.3 Å². The fourth-order valence-electron chi connectivity index (χ4n) is 1.63. The van der Waals surface area contributed by atoms with Crippen LogP contribution in [0, 0.1) is 0 Å². The van der Waals surface area contributed by atoms with Crippen LogP contribution in [-0.4, -0.2) is 9.97 Å².